The molecule has 0 radical (unpaired) electrons. The van der Waals surface area contributed by atoms with Crippen LogP contribution in [0.4, 0.5) is 0 Å². The van der Waals surface area contributed by atoms with Gasteiger partial charge in [0.25, 0.3) is 0 Å². The normalized spacial score (nSPS) is 13.1. The summed E-state index contributed by atoms with van der Waals surface area (Å²) in [6.07, 6.45) is 53.0. The zero-order valence-electron chi connectivity index (χ0n) is 40.9. The molecule has 0 aliphatic rings. The van der Waals surface area contributed by atoms with Gasteiger partial charge in [-0.05, 0) is 25.7 Å². The maximum Gasteiger partial charge on any atom is 0.306 e. The third-order valence-electron chi connectivity index (χ3n) is 12.9. The quantitative estimate of drug-likeness (QED) is 0.0419. The molecule has 0 bridgehead atoms. The van der Waals surface area contributed by atoms with Crippen molar-refractivity contribution < 1.29 is 24.5 Å². The largest absolute Gasteiger partial charge is 0.462 e. The smallest absolute Gasteiger partial charge is 0.306 e. The Morgan fingerprint density at radius 3 is 1.02 bits per heavy atom. The molecule has 358 valence electrons. The minimum absolute atomic E-state index is 0.0882. The Labute approximate surface area is 375 Å². The van der Waals surface area contributed by atoms with Gasteiger partial charge < -0.3 is 20.3 Å². The third-order valence-corrected chi connectivity index (χ3v) is 12.9. The summed E-state index contributed by atoms with van der Waals surface area (Å²) in [5.74, 6) is -0.448. The van der Waals surface area contributed by atoms with Gasteiger partial charge in [-0.2, -0.15) is 0 Å². The Morgan fingerprint density at radius 2 is 0.700 bits per heavy atom. The number of rotatable bonds is 50. The first kappa shape index (κ1) is 58.9. The van der Waals surface area contributed by atoms with Gasteiger partial charge in [-0.1, -0.05) is 271 Å². The molecular formula is C54H107NO5. The Bertz CT molecular complexity index is 867. The number of aliphatic hydroxyl groups is 2. The molecule has 0 heterocycles. The number of nitrogens with one attached hydrogen (secondary N) is 1. The van der Waals surface area contributed by atoms with E-state index in [0.29, 0.717) is 19.3 Å². The number of ether oxygens (including phenoxy) is 1. The second-order valence-electron chi connectivity index (χ2n) is 19.0. The lowest BCUT2D eigenvalue weighted by Crippen LogP contribution is -2.46. The van der Waals surface area contributed by atoms with Gasteiger partial charge in [0.05, 0.1) is 25.2 Å². The highest BCUT2D eigenvalue weighted by atomic mass is 16.5. The third kappa shape index (κ3) is 43.5. The molecule has 0 aromatic rings. The second-order valence-corrected chi connectivity index (χ2v) is 19.0. The molecule has 0 saturated heterocycles. The summed E-state index contributed by atoms with van der Waals surface area (Å²) in [4.78, 5) is 26.2. The molecule has 3 unspecified atom stereocenters. The Hall–Kier alpha value is -1.14. The molecule has 0 aliphatic heterocycles. The predicted molar refractivity (Wildman–Crippen MR) is 260 cm³/mol. The van der Waals surface area contributed by atoms with Crippen molar-refractivity contribution in [1.29, 1.82) is 0 Å². The molecule has 60 heavy (non-hydrogen) atoms. The number of esters is 1. The second kappa shape index (κ2) is 48.9. The predicted octanol–water partition coefficient (Wildman–Crippen LogP) is 16.4. The van der Waals surface area contributed by atoms with Gasteiger partial charge >= 0.3 is 5.97 Å². The monoisotopic (exact) mass is 850 g/mol. The summed E-state index contributed by atoms with van der Waals surface area (Å²) in [5, 5.41) is 23.8. The highest BCUT2D eigenvalue weighted by Gasteiger charge is 2.24. The van der Waals surface area contributed by atoms with Gasteiger partial charge in [0.1, 0.15) is 6.10 Å². The van der Waals surface area contributed by atoms with Crippen molar-refractivity contribution in [1.82, 2.24) is 5.32 Å². The van der Waals surface area contributed by atoms with Crippen molar-refractivity contribution in [2.24, 2.45) is 0 Å². The number of unbranched alkanes of at least 4 members (excludes halogenated alkanes) is 38. The summed E-state index contributed by atoms with van der Waals surface area (Å²) in [6, 6.07) is -0.692. The maximum atomic E-state index is 13.2. The summed E-state index contributed by atoms with van der Waals surface area (Å²) < 4.78 is 5.95. The van der Waals surface area contributed by atoms with Crippen LogP contribution in [0.2, 0.25) is 0 Å². The highest BCUT2D eigenvalue weighted by molar-refractivity contribution is 5.77. The van der Waals surface area contributed by atoms with E-state index in [1.54, 1.807) is 0 Å². The maximum absolute atomic E-state index is 13.2. The lowest BCUT2D eigenvalue weighted by atomic mass is 10.0. The molecule has 0 fully saturated rings. The van der Waals surface area contributed by atoms with Crippen molar-refractivity contribution in [2.45, 2.75) is 328 Å². The average Bonchev–Trinajstić information content (AvgIpc) is 3.24. The molecule has 0 aliphatic carbocycles. The molecule has 6 heteroatoms. The van der Waals surface area contributed by atoms with Crippen LogP contribution in [0.25, 0.3) is 0 Å². The number of aliphatic hydroxyl groups excluding tert-OH is 2. The molecule has 0 rings (SSSR count). The van der Waals surface area contributed by atoms with E-state index in [1.165, 1.54) is 225 Å². The lowest BCUT2D eigenvalue weighted by molar-refractivity contribution is -0.151. The summed E-state index contributed by atoms with van der Waals surface area (Å²) in [5.41, 5.74) is 0. The first-order valence-corrected chi connectivity index (χ1v) is 27.3. The van der Waals surface area contributed by atoms with E-state index < -0.39 is 18.2 Å². The first-order valence-electron chi connectivity index (χ1n) is 27.3. The Morgan fingerprint density at radius 1 is 0.417 bits per heavy atom. The molecule has 0 aromatic carbocycles. The van der Waals surface area contributed by atoms with E-state index in [1.807, 2.05) is 0 Å². The molecule has 6 nitrogen and oxygen atoms in total. The average molecular weight is 850 g/mol. The van der Waals surface area contributed by atoms with Crippen LogP contribution in [-0.2, 0) is 14.3 Å². The van der Waals surface area contributed by atoms with E-state index in [2.05, 4.69) is 26.1 Å². The van der Waals surface area contributed by atoms with E-state index in [0.717, 1.165) is 38.5 Å². The van der Waals surface area contributed by atoms with Crippen molar-refractivity contribution >= 4 is 11.9 Å². The fraction of sp³-hybridized carbons (Fsp3) is 0.963. The summed E-state index contributed by atoms with van der Waals surface area (Å²) in [6.45, 7) is 6.52. The minimum atomic E-state index is -0.779. The SMILES string of the molecule is CCCCCCCCCCCCCCCCC(=O)OC(CCCCCCCCCCCCCCCC)CC(=O)NC(CO)C(O)CCCCCCCCCCCCCCC. The van der Waals surface area contributed by atoms with E-state index in [-0.39, 0.29) is 24.9 Å². The van der Waals surface area contributed by atoms with Crippen LogP contribution in [0.15, 0.2) is 0 Å². The van der Waals surface area contributed by atoms with Crippen molar-refractivity contribution in [3.63, 3.8) is 0 Å². The van der Waals surface area contributed by atoms with Crippen LogP contribution in [0.3, 0.4) is 0 Å². The summed E-state index contributed by atoms with van der Waals surface area (Å²) in [7, 11) is 0. The molecule has 3 N–H and O–H groups in total. The molecule has 0 aromatic heterocycles. The lowest BCUT2D eigenvalue weighted by Gasteiger charge is -2.24. The number of hydrogen-bond acceptors (Lipinski definition) is 5. The number of amides is 1. The highest BCUT2D eigenvalue weighted by Crippen LogP contribution is 2.19. The van der Waals surface area contributed by atoms with Gasteiger partial charge in [-0.15, -0.1) is 0 Å². The number of hydrogen-bond donors (Lipinski definition) is 3. The van der Waals surface area contributed by atoms with Gasteiger partial charge in [0.15, 0.2) is 0 Å². The van der Waals surface area contributed by atoms with E-state index in [9.17, 15) is 19.8 Å². The molecule has 0 saturated carbocycles. The fourth-order valence-corrected chi connectivity index (χ4v) is 8.79. The van der Waals surface area contributed by atoms with E-state index >= 15 is 0 Å². The number of carbonyl (C=O) groups excluding carboxylic acids is 2. The van der Waals surface area contributed by atoms with Crippen LogP contribution in [0.1, 0.15) is 310 Å². The van der Waals surface area contributed by atoms with Gasteiger partial charge in [-0.3, -0.25) is 9.59 Å². The summed E-state index contributed by atoms with van der Waals surface area (Å²) >= 11 is 0. The zero-order chi connectivity index (χ0) is 43.8. The fourth-order valence-electron chi connectivity index (χ4n) is 8.79. The Kier molecular flexibility index (Phi) is 48.0. The van der Waals surface area contributed by atoms with Crippen molar-refractivity contribution in [3.8, 4) is 0 Å². The van der Waals surface area contributed by atoms with Gasteiger partial charge in [0.2, 0.25) is 5.91 Å². The van der Waals surface area contributed by atoms with Crippen LogP contribution in [-0.4, -0.2) is 46.9 Å². The zero-order valence-corrected chi connectivity index (χ0v) is 40.9. The van der Waals surface area contributed by atoms with Crippen LogP contribution >= 0.6 is 0 Å². The van der Waals surface area contributed by atoms with Gasteiger partial charge in [0, 0.05) is 6.42 Å². The number of carbonyl (C=O) groups is 2. The van der Waals surface area contributed by atoms with Crippen LogP contribution in [0, 0.1) is 0 Å². The Balaban J connectivity index is 4.50. The van der Waals surface area contributed by atoms with Crippen molar-refractivity contribution in [2.75, 3.05) is 6.61 Å². The molecule has 3 atom stereocenters. The van der Waals surface area contributed by atoms with Crippen LogP contribution in [0.5, 0.6) is 0 Å². The molecular weight excluding hydrogens is 743 g/mol. The topological polar surface area (TPSA) is 95.9 Å². The molecule has 0 spiro atoms. The van der Waals surface area contributed by atoms with E-state index in [4.69, 9.17) is 4.74 Å². The van der Waals surface area contributed by atoms with Gasteiger partial charge in [-0.25, -0.2) is 0 Å². The standard InChI is InChI=1S/C54H107NO5/c1-4-7-10-13-16-19-22-25-28-30-33-36-39-42-45-50(60-54(59)47-44-41-38-35-32-29-26-23-20-17-14-11-8-5-2)48-53(58)55-51(49-56)52(57)46-43-40-37-34-31-27-24-21-18-15-12-9-6-3/h50-52,56-57H,4-49H2,1-3H3,(H,55,58). The van der Waals surface area contributed by atoms with Crippen molar-refractivity contribution in [3.05, 3.63) is 0 Å². The molecule has 1 amide bonds. The minimum Gasteiger partial charge on any atom is -0.462 e. The van der Waals surface area contributed by atoms with Crippen LogP contribution < -0.4 is 5.32 Å². The first-order chi connectivity index (χ1) is 29.5.